The van der Waals surface area contributed by atoms with Crippen LogP contribution in [0.4, 0.5) is 5.69 Å². The van der Waals surface area contributed by atoms with Crippen LogP contribution in [0.2, 0.25) is 0 Å². The van der Waals surface area contributed by atoms with Crippen molar-refractivity contribution in [2.45, 2.75) is 12.8 Å². The average molecular weight is 302 g/mol. The third-order valence-electron chi connectivity index (χ3n) is 4.04. The summed E-state index contributed by atoms with van der Waals surface area (Å²) in [4.78, 5) is 6.71. The number of hydrogen-bond donors (Lipinski definition) is 0. The van der Waals surface area contributed by atoms with Crippen LogP contribution in [0.25, 0.3) is 5.57 Å². The lowest BCUT2D eigenvalue weighted by Gasteiger charge is -2.11. The summed E-state index contributed by atoms with van der Waals surface area (Å²) in [7, 11) is 4.17. The third kappa shape index (κ3) is 3.78. The molecule has 0 spiro atoms. The van der Waals surface area contributed by atoms with Gasteiger partial charge in [0.25, 0.3) is 0 Å². The number of benzene rings is 2. The van der Waals surface area contributed by atoms with Gasteiger partial charge in [-0.3, -0.25) is 4.99 Å². The summed E-state index contributed by atoms with van der Waals surface area (Å²) in [5.41, 5.74) is 6.33. The Bertz CT molecular complexity index is 752. The highest BCUT2D eigenvalue weighted by atomic mass is 15.1. The molecule has 1 aliphatic rings. The fourth-order valence-electron chi connectivity index (χ4n) is 2.79. The standard InChI is InChI=1S/C21H22N2/c1-23(2)20-13-12-18(16-20)21-11-7-6-8-17(21)14-15-22-19-9-4-3-5-10-19/h3-11,13,15-16H,12,14H2,1-2H3. The van der Waals surface area contributed by atoms with Gasteiger partial charge in [0.1, 0.15) is 0 Å². The maximum absolute atomic E-state index is 4.55. The highest BCUT2D eigenvalue weighted by Gasteiger charge is 2.12. The van der Waals surface area contributed by atoms with Crippen LogP contribution < -0.4 is 0 Å². The fraction of sp³-hybridized carbons (Fsp3) is 0.190. The molecule has 3 rings (SSSR count). The summed E-state index contributed by atoms with van der Waals surface area (Å²) in [6, 6.07) is 18.7. The van der Waals surface area contributed by atoms with Crippen molar-refractivity contribution < 1.29 is 0 Å². The first-order valence-electron chi connectivity index (χ1n) is 7.98. The summed E-state index contributed by atoms with van der Waals surface area (Å²) in [6.45, 7) is 0. The van der Waals surface area contributed by atoms with Gasteiger partial charge in [-0.25, -0.2) is 0 Å². The quantitative estimate of drug-likeness (QED) is 0.720. The van der Waals surface area contributed by atoms with Crippen molar-refractivity contribution in [3.63, 3.8) is 0 Å². The highest BCUT2D eigenvalue weighted by Crippen LogP contribution is 2.30. The molecule has 0 saturated heterocycles. The zero-order valence-corrected chi connectivity index (χ0v) is 13.7. The number of nitrogens with zero attached hydrogens (tertiary/aromatic N) is 2. The predicted molar refractivity (Wildman–Crippen MR) is 99.1 cm³/mol. The van der Waals surface area contributed by atoms with E-state index in [9.17, 15) is 0 Å². The lowest BCUT2D eigenvalue weighted by Crippen LogP contribution is -2.07. The second-order valence-electron chi connectivity index (χ2n) is 5.91. The van der Waals surface area contributed by atoms with Crippen LogP contribution in [-0.2, 0) is 6.42 Å². The zero-order chi connectivity index (χ0) is 16.1. The molecule has 0 aliphatic heterocycles. The van der Waals surface area contributed by atoms with Gasteiger partial charge in [0, 0.05) is 32.4 Å². The van der Waals surface area contributed by atoms with Crippen molar-refractivity contribution in [3.05, 3.63) is 83.6 Å². The minimum Gasteiger partial charge on any atom is -0.378 e. The van der Waals surface area contributed by atoms with Gasteiger partial charge < -0.3 is 4.90 Å². The Hall–Kier alpha value is -2.61. The first kappa shape index (κ1) is 15.3. The topological polar surface area (TPSA) is 15.6 Å². The smallest absolute Gasteiger partial charge is 0.0625 e. The van der Waals surface area contributed by atoms with Crippen LogP contribution in [0.3, 0.4) is 0 Å². The maximum Gasteiger partial charge on any atom is 0.0625 e. The third-order valence-corrected chi connectivity index (χ3v) is 4.04. The van der Waals surface area contributed by atoms with Gasteiger partial charge in [0.2, 0.25) is 0 Å². The van der Waals surface area contributed by atoms with Crippen LogP contribution in [0.15, 0.2) is 77.4 Å². The second kappa shape index (κ2) is 7.10. The van der Waals surface area contributed by atoms with Crippen molar-refractivity contribution in [3.8, 4) is 0 Å². The molecule has 0 bridgehead atoms. The summed E-state index contributed by atoms with van der Waals surface area (Å²) >= 11 is 0. The van der Waals surface area contributed by atoms with E-state index in [-0.39, 0.29) is 0 Å². The molecule has 0 unspecified atom stereocenters. The molecule has 0 amide bonds. The van der Waals surface area contributed by atoms with Crippen LogP contribution in [0.5, 0.6) is 0 Å². The molecular weight excluding hydrogens is 280 g/mol. The SMILES string of the molecule is CN(C)C1=CCC(c2ccccc2CC=Nc2ccccc2)=C1. The van der Waals surface area contributed by atoms with E-state index in [1.165, 1.54) is 22.4 Å². The monoisotopic (exact) mass is 302 g/mol. The molecule has 0 saturated carbocycles. The highest BCUT2D eigenvalue weighted by molar-refractivity contribution is 5.77. The van der Waals surface area contributed by atoms with Crippen molar-refractivity contribution in [2.75, 3.05) is 14.1 Å². The second-order valence-corrected chi connectivity index (χ2v) is 5.91. The van der Waals surface area contributed by atoms with Crippen LogP contribution in [-0.4, -0.2) is 25.2 Å². The van der Waals surface area contributed by atoms with E-state index in [4.69, 9.17) is 0 Å². The van der Waals surface area contributed by atoms with E-state index in [0.29, 0.717) is 0 Å². The van der Waals surface area contributed by atoms with Gasteiger partial charge in [0.05, 0.1) is 5.69 Å². The van der Waals surface area contributed by atoms with Gasteiger partial charge in [-0.1, -0.05) is 48.5 Å². The van der Waals surface area contributed by atoms with Gasteiger partial charge in [-0.05, 0) is 41.3 Å². The fourth-order valence-corrected chi connectivity index (χ4v) is 2.79. The molecule has 0 N–H and O–H groups in total. The zero-order valence-electron chi connectivity index (χ0n) is 13.7. The van der Waals surface area contributed by atoms with Crippen LogP contribution in [0, 0.1) is 0 Å². The van der Waals surface area contributed by atoms with Crippen LogP contribution in [0.1, 0.15) is 17.5 Å². The van der Waals surface area contributed by atoms with Crippen molar-refractivity contribution in [1.82, 2.24) is 4.90 Å². The molecule has 23 heavy (non-hydrogen) atoms. The Morgan fingerprint density at radius 3 is 2.48 bits per heavy atom. The normalized spacial score (nSPS) is 14.0. The van der Waals surface area contributed by atoms with Gasteiger partial charge in [0.15, 0.2) is 0 Å². The Morgan fingerprint density at radius 1 is 1.00 bits per heavy atom. The summed E-state index contributed by atoms with van der Waals surface area (Å²) in [5.74, 6) is 0. The van der Waals surface area contributed by atoms with Crippen molar-refractivity contribution in [1.29, 1.82) is 0 Å². The van der Waals surface area contributed by atoms with Crippen molar-refractivity contribution >= 4 is 17.5 Å². The molecular formula is C21H22N2. The number of para-hydroxylation sites is 1. The molecule has 0 fully saturated rings. The Kier molecular flexibility index (Phi) is 4.72. The van der Waals surface area contributed by atoms with E-state index in [2.05, 4.69) is 60.4 Å². The first-order valence-corrected chi connectivity index (χ1v) is 7.98. The number of aliphatic imine (C=N–C) groups is 1. The molecule has 2 heteroatoms. The molecule has 0 aromatic heterocycles. The van der Waals surface area contributed by atoms with Crippen LogP contribution >= 0.6 is 0 Å². The number of likely N-dealkylation sites (N-methyl/N-ethyl adjacent to an activating group) is 1. The molecule has 1 aliphatic carbocycles. The predicted octanol–water partition coefficient (Wildman–Crippen LogP) is 4.86. The number of allylic oxidation sites excluding steroid dienone is 3. The lowest BCUT2D eigenvalue weighted by molar-refractivity contribution is 0.531. The molecule has 0 radical (unpaired) electrons. The van der Waals surface area contributed by atoms with Gasteiger partial charge in [-0.15, -0.1) is 0 Å². The summed E-state index contributed by atoms with van der Waals surface area (Å²) in [5, 5.41) is 0. The summed E-state index contributed by atoms with van der Waals surface area (Å²) in [6.07, 6.45) is 8.42. The van der Waals surface area contributed by atoms with E-state index in [1.807, 2.05) is 36.5 Å². The molecule has 2 aromatic rings. The van der Waals surface area contributed by atoms with E-state index < -0.39 is 0 Å². The average Bonchev–Trinajstić information content (AvgIpc) is 3.06. The van der Waals surface area contributed by atoms with E-state index in [0.717, 1.165) is 18.5 Å². The molecule has 0 heterocycles. The minimum absolute atomic E-state index is 0.847. The largest absolute Gasteiger partial charge is 0.378 e. The molecule has 0 atom stereocenters. The molecule has 2 nitrogen and oxygen atoms in total. The van der Waals surface area contributed by atoms with E-state index >= 15 is 0 Å². The lowest BCUT2D eigenvalue weighted by atomic mass is 9.97. The van der Waals surface area contributed by atoms with E-state index in [1.54, 1.807) is 0 Å². The maximum atomic E-state index is 4.55. The number of rotatable bonds is 5. The Labute approximate surface area is 138 Å². The minimum atomic E-state index is 0.847. The molecule has 2 aromatic carbocycles. The van der Waals surface area contributed by atoms with Gasteiger partial charge >= 0.3 is 0 Å². The van der Waals surface area contributed by atoms with Crippen molar-refractivity contribution in [2.24, 2.45) is 4.99 Å². The summed E-state index contributed by atoms with van der Waals surface area (Å²) < 4.78 is 0. The first-order chi connectivity index (χ1) is 11.2. The molecule has 116 valence electrons. The number of hydrogen-bond acceptors (Lipinski definition) is 2. The Morgan fingerprint density at radius 2 is 1.74 bits per heavy atom. The van der Waals surface area contributed by atoms with Gasteiger partial charge in [-0.2, -0.15) is 0 Å². The Balaban J connectivity index is 1.77.